The van der Waals surface area contributed by atoms with Gasteiger partial charge in [-0.1, -0.05) is 47.3 Å². The fourth-order valence-electron chi connectivity index (χ4n) is 10.6. The van der Waals surface area contributed by atoms with Crippen LogP contribution in [0.25, 0.3) is 0 Å². The first-order chi connectivity index (χ1) is 17.7. The first-order valence-electron chi connectivity index (χ1n) is 14.6. The number of esters is 1. The van der Waals surface area contributed by atoms with Gasteiger partial charge in [0.05, 0.1) is 0 Å². The summed E-state index contributed by atoms with van der Waals surface area (Å²) in [5, 5.41) is 20.9. The predicted octanol–water partition coefficient (Wildman–Crippen LogP) is 4.67. The molecular formula is C32H46O6. The Morgan fingerprint density at radius 1 is 1.18 bits per heavy atom. The number of ketones is 2. The van der Waals surface area contributed by atoms with Crippen molar-refractivity contribution in [2.75, 3.05) is 6.61 Å². The lowest BCUT2D eigenvalue weighted by Gasteiger charge is -2.61. The fraction of sp³-hybridized carbons (Fsp3) is 0.781. The monoisotopic (exact) mass is 526 g/mol. The van der Waals surface area contributed by atoms with Crippen molar-refractivity contribution in [1.82, 2.24) is 0 Å². The summed E-state index contributed by atoms with van der Waals surface area (Å²) < 4.78 is 6.01. The molecule has 0 amide bonds. The summed E-state index contributed by atoms with van der Waals surface area (Å²) in [4.78, 5) is 38.1. The van der Waals surface area contributed by atoms with Crippen molar-refractivity contribution in [2.24, 2.45) is 57.2 Å². The van der Waals surface area contributed by atoms with Crippen molar-refractivity contribution in [2.45, 2.75) is 92.3 Å². The van der Waals surface area contributed by atoms with Crippen LogP contribution in [0.15, 0.2) is 24.3 Å². The molecule has 12 atom stereocenters. The zero-order valence-corrected chi connectivity index (χ0v) is 24.0. The minimum absolute atomic E-state index is 0.0714. The van der Waals surface area contributed by atoms with Crippen LogP contribution in [0.3, 0.4) is 0 Å². The average molecular weight is 527 g/mol. The molecule has 0 aromatic rings. The van der Waals surface area contributed by atoms with Gasteiger partial charge in [-0.2, -0.15) is 0 Å². The van der Waals surface area contributed by atoms with E-state index in [9.17, 15) is 24.6 Å². The number of Topliss-reactive ketones (excluding diaryl/α,β-unsaturated/α-hetero) is 1. The Hall–Kier alpha value is -1.79. The maximum absolute atomic E-state index is 13.2. The molecule has 38 heavy (non-hydrogen) atoms. The molecule has 0 aromatic carbocycles. The minimum Gasteiger partial charge on any atom is -0.462 e. The molecule has 5 aliphatic carbocycles. The number of ether oxygens (including phenoxy) is 1. The maximum Gasteiger partial charge on any atom is 0.302 e. The van der Waals surface area contributed by atoms with Gasteiger partial charge in [0.1, 0.15) is 12.2 Å². The number of carbonyl (C=O) groups excluding carboxylic acids is 3. The van der Waals surface area contributed by atoms with E-state index in [-0.39, 0.29) is 63.5 Å². The van der Waals surface area contributed by atoms with Gasteiger partial charge in [0.25, 0.3) is 0 Å². The molecule has 6 nitrogen and oxygen atoms in total. The van der Waals surface area contributed by atoms with Gasteiger partial charge in [-0.15, -0.1) is 0 Å². The largest absolute Gasteiger partial charge is 0.462 e. The van der Waals surface area contributed by atoms with Crippen LogP contribution in [0.2, 0.25) is 0 Å². The number of aliphatic hydroxyl groups is 2. The molecule has 5 rings (SSSR count). The summed E-state index contributed by atoms with van der Waals surface area (Å²) in [6, 6.07) is 0. The molecule has 2 spiro atoms. The molecule has 0 aromatic heterocycles. The molecule has 4 saturated carbocycles. The molecule has 0 saturated heterocycles. The zero-order chi connectivity index (χ0) is 28.0. The summed E-state index contributed by atoms with van der Waals surface area (Å²) >= 11 is 0. The van der Waals surface area contributed by atoms with Crippen LogP contribution in [-0.2, 0) is 19.1 Å². The summed E-state index contributed by atoms with van der Waals surface area (Å²) in [6.07, 6.45) is 8.39. The average Bonchev–Trinajstić information content (AvgIpc) is 3.48. The van der Waals surface area contributed by atoms with Crippen LogP contribution in [0, 0.1) is 57.2 Å². The molecule has 0 aliphatic heterocycles. The van der Waals surface area contributed by atoms with E-state index in [4.69, 9.17) is 4.74 Å². The highest BCUT2D eigenvalue weighted by molar-refractivity contribution is 5.98. The SMILES string of the molecule is C=C(C(=O)[C@H](O)[C@@H](C)[C@H]1[C@@H](OC(C)=O)C[C@@]2(C)[C@@H]3CC[C@H]4[C@H](C)C(=O)C=C[C@@]45C[C@@]35CC[C@]12C)[C@@H](C)CO. The lowest BCUT2D eigenvalue weighted by Crippen LogP contribution is -2.56. The summed E-state index contributed by atoms with van der Waals surface area (Å²) in [5.74, 6) is -0.640. The fourth-order valence-corrected chi connectivity index (χ4v) is 10.6. The van der Waals surface area contributed by atoms with Crippen LogP contribution < -0.4 is 0 Å². The predicted molar refractivity (Wildman–Crippen MR) is 144 cm³/mol. The molecule has 5 aliphatic rings. The Bertz CT molecular complexity index is 1090. The van der Waals surface area contributed by atoms with Gasteiger partial charge in [0.15, 0.2) is 11.6 Å². The molecule has 2 N–H and O–H groups in total. The highest BCUT2D eigenvalue weighted by atomic mass is 16.5. The third kappa shape index (κ3) is 3.41. The Morgan fingerprint density at radius 2 is 1.87 bits per heavy atom. The molecule has 6 heteroatoms. The van der Waals surface area contributed by atoms with Crippen molar-refractivity contribution >= 4 is 17.5 Å². The number of fused-ring (bicyclic) bond motifs is 2. The van der Waals surface area contributed by atoms with Crippen molar-refractivity contribution in [1.29, 1.82) is 0 Å². The van der Waals surface area contributed by atoms with Crippen LogP contribution in [0.5, 0.6) is 0 Å². The normalized spacial score (nSPS) is 47.1. The summed E-state index contributed by atoms with van der Waals surface area (Å²) in [6.45, 7) is 15.5. The Balaban J connectivity index is 1.50. The summed E-state index contributed by atoms with van der Waals surface area (Å²) in [5.41, 5.74) is 0.144. The van der Waals surface area contributed by atoms with E-state index in [2.05, 4.69) is 33.4 Å². The number of carbonyl (C=O) groups is 3. The number of aliphatic hydroxyl groups excluding tert-OH is 2. The number of allylic oxidation sites excluding steroid dienone is 2. The molecule has 0 radical (unpaired) electrons. The Labute approximate surface area is 227 Å². The molecule has 4 fully saturated rings. The summed E-state index contributed by atoms with van der Waals surface area (Å²) in [7, 11) is 0. The Morgan fingerprint density at radius 3 is 2.50 bits per heavy atom. The van der Waals surface area contributed by atoms with Crippen molar-refractivity contribution < 1.29 is 29.3 Å². The van der Waals surface area contributed by atoms with Crippen LogP contribution in [-0.4, -0.2) is 46.6 Å². The molecule has 0 bridgehead atoms. The van der Waals surface area contributed by atoms with E-state index in [0.717, 1.165) is 38.5 Å². The third-order valence-electron chi connectivity index (χ3n) is 12.9. The van der Waals surface area contributed by atoms with Gasteiger partial charge in [0, 0.05) is 31.3 Å². The van der Waals surface area contributed by atoms with Crippen molar-refractivity contribution in [3.05, 3.63) is 24.3 Å². The van der Waals surface area contributed by atoms with Crippen LogP contribution >= 0.6 is 0 Å². The Kier molecular flexibility index (Phi) is 6.47. The minimum atomic E-state index is -1.27. The quantitative estimate of drug-likeness (QED) is 0.369. The van der Waals surface area contributed by atoms with E-state index in [1.807, 2.05) is 13.0 Å². The standard InChI is InChI=1S/C32H46O6/c1-17(15-33)18(2)27(36)28(37)20(4)26-24(38-21(5)34)14-30(7)25-9-8-22-19(3)23(35)10-11-31(22)16-32(25,31)13-12-29(26,30)6/h10-11,17,19-20,22,24-26,28,33,37H,2,8-9,12-16H2,1,3-7H3/t17-,19-,20-,22-,24-,25-,26-,28+,29+,30-,31+,32-/m0/s1. The first kappa shape index (κ1) is 27.8. The third-order valence-corrected chi connectivity index (χ3v) is 12.9. The van der Waals surface area contributed by atoms with E-state index in [1.54, 1.807) is 6.92 Å². The van der Waals surface area contributed by atoms with Gasteiger partial charge < -0.3 is 14.9 Å². The van der Waals surface area contributed by atoms with Crippen LogP contribution in [0.4, 0.5) is 0 Å². The first-order valence-corrected chi connectivity index (χ1v) is 14.6. The molecular weight excluding hydrogens is 480 g/mol. The van der Waals surface area contributed by atoms with Gasteiger partial charge >= 0.3 is 5.97 Å². The number of hydrogen-bond acceptors (Lipinski definition) is 6. The van der Waals surface area contributed by atoms with E-state index < -0.39 is 23.7 Å². The number of hydrogen-bond donors (Lipinski definition) is 2. The van der Waals surface area contributed by atoms with Crippen molar-refractivity contribution in [3.63, 3.8) is 0 Å². The zero-order valence-electron chi connectivity index (χ0n) is 24.0. The second-order valence-electron chi connectivity index (χ2n) is 14.1. The highest BCUT2D eigenvalue weighted by Gasteiger charge is 2.81. The van der Waals surface area contributed by atoms with Gasteiger partial charge in [0.2, 0.25) is 0 Å². The smallest absolute Gasteiger partial charge is 0.302 e. The topological polar surface area (TPSA) is 101 Å². The molecule has 210 valence electrons. The van der Waals surface area contributed by atoms with E-state index >= 15 is 0 Å². The van der Waals surface area contributed by atoms with E-state index in [1.165, 1.54) is 6.92 Å². The molecule has 0 heterocycles. The number of rotatable bonds is 7. The van der Waals surface area contributed by atoms with Crippen LogP contribution in [0.1, 0.15) is 80.1 Å². The lowest BCUT2D eigenvalue weighted by atomic mass is 9.43. The second kappa shape index (κ2) is 8.86. The maximum atomic E-state index is 13.2. The highest BCUT2D eigenvalue weighted by Crippen LogP contribution is 2.87. The van der Waals surface area contributed by atoms with Gasteiger partial charge in [-0.05, 0) is 89.6 Å². The second-order valence-corrected chi connectivity index (χ2v) is 14.1. The molecule has 0 unspecified atom stereocenters. The van der Waals surface area contributed by atoms with Gasteiger partial charge in [-0.25, -0.2) is 0 Å². The van der Waals surface area contributed by atoms with Crippen molar-refractivity contribution in [3.8, 4) is 0 Å². The van der Waals surface area contributed by atoms with E-state index in [0.29, 0.717) is 11.8 Å². The lowest BCUT2D eigenvalue weighted by molar-refractivity contribution is -0.154. The van der Waals surface area contributed by atoms with Gasteiger partial charge in [-0.3, -0.25) is 14.4 Å².